The number of pyridine rings is 1. The summed E-state index contributed by atoms with van der Waals surface area (Å²) in [6, 6.07) is 5.60. The Balaban J connectivity index is 2.31. The topological polar surface area (TPSA) is 65.7 Å². The van der Waals surface area contributed by atoms with E-state index in [-0.39, 0.29) is 0 Å². The van der Waals surface area contributed by atoms with Crippen LogP contribution in [0.5, 0.6) is 0 Å². The highest BCUT2D eigenvalue weighted by atomic mass is 16.5. The van der Waals surface area contributed by atoms with Crippen molar-refractivity contribution < 1.29 is 4.74 Å². The van der Waals surface area contributed by atoms with Crippen molar-refractivity contribution in [2.24, 2.45) is 0 Å². The lowest BCUT2D eigenvalue weighted by atomic mass is 10.3. The largest absolute Gasteiger partial charge is 0.378 e. The van der Waals surface area contributed by atoms with Gasteiger partial charge in [-0.15, -0.1) is 5.10 Å². The van der Waals surface area contributed by atoms with Crippen molar-refractivity contribution in [2.45, 2.75) is 6.61 Å². The lowest BCUT2D eigenvalue weighted by Gasteiger charge is -2.01. The second-order valence-corrected chi connectivity index (χ2v) is 2.67. The van der Waals surface area contributed by atoms with Crippen LogP contribution < -0.4 is 0 Å². The maximum absolute atomic E-state index is 4.98. The lowest BCUT2D eigenvalue weighted by Crippen LogP contribution is -2.01. The molecule has 2 heterocycles. The molecule has 0 aromatic carbocycles. The van der Waals surface area contributed by atoms with E-state index in [1.165, 1.54) is 11.0 Å². The Morgan fingerprint density at radius 1 is 1.43 bits per heavy atom. The molecular formula is C8H9N5O. The highest BCUT2D eigenvalue weighted by molar-refractivity contribution is 5.22. The molecule has 0 bridgehead atoms. The van der Waals surface area contributed by atoms with Crippen LogP contribution in [0.4, 0.5) is 0 Å². The summed E-state index contributed by atoms with van der Waals surface area (Å²) in [6.45, 7) is 0.482. The predicted molar refractivity (Wildman–Crippen MR) is 47.7 cm³/mol. The van der Waals surface area contributed by atoms with Crippen LogP contribution in [0.15, 0.2) is 24.5 Å². The van der Waals surface area contributed by atoms with Crippen molar-refractivity contribution in [1.82, 2.24) is 25.2 Å². The van der Waals surface area contributed by atoms with E-state index in [1.807, 2.05) is 18.2 Å². The number of nitrogens with zero attached hydrogens (tertiary/aromatic N) is 5. The van der Waals surface area contributed by atoms with E-state index in [4.69, 9.17) is 4.74 Å². The molecule has 0 fully saturated rings. The van der Waals surface area contributed by atoms with Gasteiger partial charge in [0.25, 0.3) is 0 Å². The monoisotopic (exact) mass is 191 g/mol. The molecule has 0 radical (unpaired) electrons. The van der Waals surface area contributed by atoms with E-state index < -0.39 is 0 Å². The van der Waals surface area contributed by atoms with E-state index in [0.717, 1.165) is 5.69 Å². The van der Waals surface area contributed by atoms with Gasteiger partial charge in [0.2, 0.25) is 0 Å². The fourth-order valence-corrected chi connectivity index (χ4v) is 1.09. The Bertz CT molecular complexity index is 400. The summed E-state index contributed by atoms with van der Waals surface area (Å²) >= 11 is 0. The van der Waals surface area contributed by atoms with Gasteiger partial charge in [0.1, 0.15) is 6.33 Å². The molecular weight excluding hydrogens is 182 g/mol. The van der Waals surface area contributed by atoms with Crippen LogP contribution in [-0.4, -0.2) is 32.3 Å². The Morgan fingerprint density at radius 3 is 3.07 bits per heavy atom. The summed E-state index contributed by atoms with van der Waals surface area (Å²) < 4.78 is 6.48. The van der Waals surface area contributed by atoms with Crippen LogP contribution in [-0.2, 0) is 11.3 Å². The molecule has 0 amide bonds. The third-order valence-corrected chi connectivity index (χ3v) is 1.67. The molecule has 0 atom stereocenters. The molecule has 14 heavy (non-hydrogen) atoms. The third kappa shape index (κ3) is 1.74. The Morgan fingerprint density at radius 2 is 2.36 bits per heavy atom. The average Bonchev–Trinajstić information content (AvgIpc) is 2.71. The van der Waals surface area contributed by atoms with Crippen LogP contribution in [0.1, 0.15) is 5.69 Å². The Kier molecular flexibility index (Phi) is 2.46. The Labute approximate surface area is 80.5 Å². The van der Waals surface area contributed by atoms with Gasteiger partial charge >= 0.3 is 0 Å². The average molecular weight is 191 g/mol. The van der Waals surface area contributed by atoms with Crippen molar-refractivity contribution in [3.8, 4) is 5.82 Å². The molecule has 6 nitrogen and oxygen atoms in total. The Hall–Kier alpha value is -1.82. The van der Waals surface area contributed by atoms with Crippen LogP contribution in [0.3, 0.4) is 0 Å². The first-order valence-electron chi connectivity index (χ1n) is 4.08. The summed E-state index contributed by atoms with van der Waals surface area (Å²) in [5.74, 6) is 0.685. The van der Waals surface area contributed by atoms with Crippen LogP contribution in [0.2, 0.25) is 0 Å². The fraction of sp³-hybridized carbons (Fsp3) is 0.250. The van der Waals surface area contributed by atoms with Crippen molar-refractivity contribution in [1.29, 1.82) is 0 Å². The standard InChI is InChI=1S/C8H9N5O/c1-14-5-7-3-2-4-8(10-7)13-6-9-11-12-13/h2-4,6H,5H2,1H3. The number of aromatic nitrogens is 5. The van der Waals surface area contributed by atoms with E-state index in [9.17, 15) is 0 Å². The summed E-state index contributed by atoms with van der Waals surface area (Å²) in [7, 11) is 1.63. The zero-order valence-corrected chi connectivity index (χ0v) is 7.66. The number of rotatable bonds is 3. The van der Waals surface area contributed by atoms with Gasteiger partial charge in [-0.25, -0.2) is 4.98 Å². The zero-order chi connectivity index (χ0) is 9.80. The van der Waals surface area contributed by atoms with Gasteiger partial charge in [-0.1, -0.05) is 6.07 Å². The quantitative estimate of drug-likeness (QED) is 0.693. The van der Waals surface area contributed by atoms with Gasteiger partial charge in [0.15, 0.2) is 5.82 Å². The van der Waals surface area contributed by atoms with E-state index in [0.29, 0.717) is 12.4 Å². The van der Waals surface area contributed by atoms with Gasteiger partial charge in [-0.3, -0.25) is 0 Å². The molecule has 2 rings (SSSR count). The first kappa shape index (κ1) is 8.76. The minimum absolute atomic E-state index is 0.482. The highest BCUT2D eigenvalue weighted by Crippen LogP contribution is 2.03. The van der Waals surface area contributed by atoms with E-state index in [2.05, 4.69) is 20.5 Å². The SMILES string of the molecule is COCc1cccc(-n2cnnn2)n1. The first-order chi connectivity index (χ1) is 6.90. The molecule has 0 saturated heterocycles. The maximum atomic E-state index is 4.98. The lowest BCUT2D eigenvalue weighted by molar-refractivity contribution is 0.181. The van der Waals surface area contributed by atoms with Crippen LogP contribution >= 0.6 is 0 Å². The molecule has 0 unspecified atom stereocenters. The van der Waals surface area contributed by atoms with Gasteiger partial charge in [-0.2, -0.15) is 4.68 Å². The molecule has 2 aromatic rings. The van der Waals surface area contributed by atoms with Gasteiger partial charge in [0, 0.05) is 7.11 Å². The maximum Gasteiger partial charge on any atom is 0.157 e. The summed E-state index contributed by atoms with van der Waals surface area (Å²) in [5, 5.41) is 10.8. The highest BCUT2D eigenvalue weighted by Gasteiger charge is 2.00. The van der Waals surface area contributed by atoms with Crippen LogP contribution in [0.25, 0.3) is 5.82 Å². The zero-order valence-electron chi connectivity index (χ0n) is 7.66. The van der Waals surface area contributed by atoms with Crippen molar-refractivity contribution in [3.05, 3.63) is 30.2 Å². The number of methoxy groups -OCH3 is 1. The minimum atomic E-state index is 0.482. The molecule has 72 valence electrons. The van der Waals surface area contributed by atoms with Crippen molar-refractivity contribution in [2.75, 3.05) is 7.11 Å². The second-order valence-electron chi connectivity index (χ2n) is 2.67. The van der Waals surface area contributed by atoms with Crippen molar-refractivity contribution in [3.63, 3.8) is 0 Å². The molecule has 0 spiro atoms. The molecule has 0 N–H and O–H groups in total. The van der Waals surface area contributed by atoms with Gasteiger partial charge in [-0.05, 0) is 22.6 Å². The second kappa shape index (κ2) is 3.93. The van der Waals surface area contributed by atoms with Crippen LogP contribution in [0, 0.1) is 0 Å². The molecule has 0 aliphatic carbocycles. The molecule has 2 aromatic heterocycles. The number of tetrazole rings is 1. The number of hydrogen-bond acceptors (Lipinski definition) is 5. The summed E-state index contributed by atoms with van der Waals surface area (Å²) in [4.78, 5) is 4.30. The van der Waals surface area contributed by atoms with Gasteiger partial charge < -0.3 is 4.74 Å². The molecule has 6 heteroatoms. The summed E-state index contributed by atoms with van der Waals surface area (Å²) in [6.07, 6.45) is 1.50. The fourth-order valence-electron chi connectivity index (χ4n) is 1.09. The normalized spacial score (nSPS) is 10.4. The van der Waals surface area contributed by atoms with Gasteiger partial charge in [0.05, 0.1) is 12.3 Å². The molecule has 0 saturated carbocycles. The molecule has 0 aliphatic heterocycles. The number of hydrogen-bond donors (Lipinski definition) is 0. The van der Waals surface area contributed by atoms with Crippen molar-refractivity contribution >= 4 is 0 Å². The van der Waals surface area contributed by atoms with E-state index >= 15 is 0 Å². The van der Waals surface area contributed by atoms with E-state index in [1.54, 1.807) is 7.11 Å². The predicted octanol–water partition coefficient (Wildman–Crippen LogP) is 0.204. The third-order valence-electron chi connectivity index (χ3n) is 1.67. The minimum Gasteiger partial charge on any atom is -0.378 e. The summed E-state index contributed by atoms with van der Waals surface area (Å²) in [5.41, 5.74) is 0.848. The number of ether oxygens (including phenoxy) is 1. The first-order valence-corrected chi connectivity index (χ1v) is 4.08. The molecule has 0 aliphatic rings. The smallest absolute Gasteiger partial charge is 0.157 e.